The predicted octanol–water partition coefficient (Wildman–Crippen LogP) is 3.87. The van der Waals surface area contributed by atoms with Crippen molar-refractivity contribution in [1.82, 2.24) is 9.88 Å². The van der Waals surface area contributed by atoms with Crippen molar-refractivity contribution in [3.05, 3.63) is 41.6 Å². The Bertz CT molecular complexity index is 893. The maximum Gasteiger partial charge on any atom is 0.252 e. The van der Waals surface area contributed by atoms with Crippen LogP contribution in [0.2, 0.25) is 0 Å². The maximum absolute atomic E-state index is 13.8. The fourth-order valence-electron chi connectivity index (χ4n) is 5.46. The number of hydrogen-bond acceptors (Lipinski definition) is 4. The van der Waals surface area contributed by atoms with Crippen LogP contribution in [0.15, 0.2) is 30.3 Å². The van der Waals surface area contributed by atoms with Crippen LogP contribution in [0.1, 0.15) is 43.4 Å². The van der Waals surface area contributed by atoms with Crippen molar-refractivity contribution >= 4 is 16.8 Å². The highest BCUT2D eigenvalue weighted by Gasteiger charge is 2.45. The molecule has 1 aromatic heterocycles. The number of carbonyl (C=O) groups is 1. The van der Waals surface area contributed by atoms with E-state index in [0.717, 1.165) is 49.1 Å². The average molecular weight is 395 g/mol. The Labute approximate surface area is 172 Å². The number of pyridine rings is 1. The van der Waals surface area contributed by atoms with Crippen LogP contribution in [-0.2, 0) is 20.8 Å². The molecule has 0 spiro atoms. The number of fused-ring (bicyclic) bond motifs is 2. The molecule has 5 heteroatoms. The number of benzene rings is 1. The largest absolute Gasteiger partial charge is 0.381 e. The average Bonchev–Trinajstić information content (AvgIpc) is 3.41. The number of nitrogens with zero attached hydrogens (tertiary/aromatic N) is 2. The fraction of sp³-hybridized carbons (Fsp3) is 0.583. The van der Waals surface area contributed by atoms with Gasteiger partial charge in [-0.3, -0.25) is 9.78 Å². The Kier molecular flexibility index (Phi) is 5.27. The van der Waals surface area contributed by atoms with Crippen molar-refractivity contribution in [3.8, 4) is 0 Å². The molecule has 3 heterocycles. The van der Waals surface area contributed by atoms with E-state index in [1.165, 1.54) is 18.4 Å². The number of aryl methyl sites for hydroxylation is 1. The minimum Gasteiger partial charge on any atom is -0.381 e. The van der Waals surface area contributed by atoms with Crippen LogP contribution >= 0.6 is 0 Å². The van der Waals surface area contributed by atoms with E-state index in [0.29, 0.717) is 31.0 Å². The van der Waals surface area contributed by atoms with Crippen LogP contribution in [0.25, 0.3) is 10.9 Å². The summed E-state index contributed by atoms with van der Waals surface area (Å²) in [7, 11) is 0. The lowest BCUT2D eigenvalue weighted by Crippen LogP contribution is -2.47. The molecule has 1 aliphatic carbocycles. The van der Waals surface area contributed by atoms with E-state index in [1.54, 1.807) is 0 Å². The first-order valence-corrected chi connectivity index (χ1v) is 11.1. The zero-order valence-corrected chi connectivity index (χ0v) is 17.2. The van der Waals surface area contributed by atoms with Crippen molar-refractivity contribution < 1.29 is 14.3 Å². The summed E-state index contributed by atoms with van der Waals surface area (Å²) in [6.07, 6.45) is 5.22. The van der Waals surface area contributed by atoms with Gasteiger partial charge in [0.05, 0.1) is 18.7 Å². The van der Waals surface area contributed by atoms with Crippen LogP contribution in [0.3, 0.4) is 0 Å². The molecule has 2 saturated heterocycles. The van der Waals surface area contributed by atoms with Crippen molar-refractivity contribution in [2.75, 3.05) is 19.8 Å². The molecule has 1 saturated carbocycles. The molecule has 0 unspecified atom stereocenters. The molecule has 5 nitrogen and oxygen atoms in total. The second-order valence-electron chi connectivity index (χ2n) is 8.89. The van der Waals surface area contributed by atoms with Gasteiger partial charge >= 0.3 is 0 Å². The van der Waals surface area contributed by atoms with E-state index >= 15 is 0 Å². The first kappa shape index (κ1) is 19.0. The monoisotopic (exact) mass is 394 g/mol. The van der Waals surface area contributed by atoms with Gasteiger partial charge in [-0.2, -0.15) is 0 Å². The quantitative estimate of drug-likeness (QED) is 0.790. The van der Waals surface area contributed by atoms with E-state index in [1.807, 2.05) is 13.0 Å². The standard InChI is InChI=1S/C24H30N2O3/c1-16-12-17(20-8-4-5-9-22(20)25-16)13-26(19-6-2-3-7-19)24(27)23-21-10-11-28-14-18(21)15-29-23/h4-5,8-9,12,18-19,21,23H,2-3,6-7,10-11,13-15H2,1H3/t18-,21-,23-/m1/s1. The highest BCUT2D eigenvalue weighted by atomic mass is 16.5. The summed E-state index contributed by atoms with van der Waals surface area (Å²) in [5.41, 5.74) is 3.19. The molecule has 5 rings (SSSR count). The van der Waals surface area contributed by atoms with Gasteiger partial charge in [-0.25, -0.2) is 0 Å². The van der Waals surface area contributed by atoms with E-state index in [2.05, 4.69) is 34.1 Å². The normalized spacial score (nSPS) is 27.3. The Morgan fingerprint density at radius 1 is 1.17 bits per heavy atom. The zero-order chi connectivity index (χ0) is 19.8. The van der Waals surface area contributed by atoms with Crippen molar-refractivity contribution in [2.45, 2.75) is 57.7 Å². The predicted molar refractivity (Wildman–Crippen MR) is 111 cm³/mol. The molecule has 29 heavy (non-hydrogen) atoms. The van der Waals surface area contributed by atoms with Gasteiger partial charge in [0.25, 0.3) is 5.91 Å². The minimum atomic E-state index is -0.307. The molecule has 3 atom stereocenters. The van der Waals surface area contributed by atoms with Gasteiger partial charge in [0.2, 0.25) is 0 Å². The Morgan fingerprint density at radius 3 is 2.86 bits per heavy atom. The molecule has 3 fully saturated rings. The molecule has 0 N–H and O–H groups in total. The third-order valence-electron chi connectivity index (χ3n) is 6.97. The van der Waals surface area contributed by atoms with Crippen molar-refractivity contribution in [3.63, 3.8) is 0 Å². The van der Waals surface area contributed by atoms with Gasteiger partial charge in [-0.1, -0.05) is 31.0 Å². The summed E-state index contributed by atoms with van der Waals surface area (Å²) < 4.78 is 11.7. The van der Waals surface area contributed by atoms with Crippen LogP contribution in [0.4, 0.5) is 0 Å². The molecule has 154 valence electrons. The summed E-state index contributed by atoms with van der Waals surface area (Å²) in [5.74, 6) is 0.855. The fourth-order valence-corrected chi connectivity index (χ4v) is 5.46. The van der Waals surface area contributed by atoms with Gasteiger partial charge in [0.15, 0.2) is 0 Å². The number of carbonyl (C=O) groups excluding carboxylic acids is 1. The Balaban J connectivity index is 1.46. The third kappa shape index (κ3) is 3.66. The van der Waals surface area contributed by atoms with Crippen LogP contribution in [0.5, 0.6) is 0 Å². The molecule has 0 bridgehead atoms. The first-order valence-electron chi connectivity index (χ1n) is 11.1. The van der Waals surface area contributed by atoms with Crippen molar-refractivity contribution in [1.29, 1.82) is 0 Å². The third-order valence-corrected chi connectivity index (χ3v) is 6.97. The van der Waals surface area contributed by atoms with Gasteiger partial charge in [0, 0.05) is 42.1 Å². The first-order chi connectivity index (χ1) is 14.2. The minimum absolute atomic E-state index is 0.185. The molecule has 0 radical (unpaired) electrons. The molecule has 1 aromatic carbocycles. The van der Waals surface area contributed by atoms with Gasteiger partial charge in [0.1, 0.15) is 6.10 Å². The molecule has 3 aliphatic rings. The van der Waals surface area contributed by atoms with Gasteiger partial charge in [-0.15, -0.1) is 0 Å². The summed E-state index contributed by atoms with van der Waals surface area (Å²) in [4.78, 5) is 20.6. The summed E-state index contributed by atoms with van der Waals surface area (Å²) in [5, 5.41) is 1.14. The Morgan fingerprint density at radius 2 is 2.00 bits per heavy atom. The highest BCUT2D eigenvalue weighted by molar-refractivity contribution is 5.85. The number of para-hydroxylation sites is 1. The molecular formula is C24H30N2O3. The number of rotatable bonds is 4. The maximum atomic E-state index is 13.8. The van der Waals surface area contributed by atoms with Crippen LogP contribution in [-0.4, -0.2) is 47.8 Å². The molecule has 2 aliphatic heterocycles. The zero-order valence-electron chi connectivity index (χ0n) is 17.2. The number of ether oxygens (including phenoxy) is 2. The van der Waals surface area contributed by atoms with Crippen LogP contribution < -0.4 is 0 Å². The number of aromatic nitrogens is 1. The van der Waals surface area contributed by atoms with Gasteiger partial charge < -0.3 is 14.4 Å². The molecule has 2 aromatic rings. The lowest BCUT2D eigenvalue weighted by molar-refractivity contribution is -0.146. The lowest BCUT2D eigenvalue weighted by Gasteiger charge is -2.34. The molecule has 1 amide bonds. The van der Waals surface area contributed by atoms with Gasteiger partial charge in [-0.05, 0) is 43.9 Å². The van der Waals surface area contributed by atoms with E-state index in [-0.39, 0.29) is 12.0 Å². The highest BCUT2D eigenvalue weighted by Crippen LogP contribution is 2.36. The lowest BCUT2D eigenvalue weighted by atomic mass is 9.86. The second kappa shape index (κ2) is 8.04. The number of amides is 1. The smallest absolute Gasteiger partial charge is 0.252 e. The van der Waals surface area contributed by atoms with Crippen LogP contribution in [0, 0.1) is 18.8 Å². The summed E-state index contributed by atoms with van der Waals surface area (Å²) in [6.45, 7) is 4.79. The molecular weight excluding hydrogens is 364 g/mol. The van der Waals surface area contributed by atoms with E-state index in [4.69, 9.17) is 9.47 Å². The number of hydrogen-bond donors (Lipinski definition) is 0. The summed E-state index contributed by atoms with van der Waals surface area (Å²) in [6, 6.07) is 10.7. The Hall–Kier alpha value is -1.98. The van der Waals surface area contributed by atoms with E-state index < -0.39 is 0 Å². The van der Waals surface area contributed by atoms with Crippen molar-refractivity contribution in [2.24, 2.45) is 11.8 Å². The van der Waals surface area contributed by atoms with E-state index in [9.17, 15) is 4.79 Å². The topological polar surface area (TPSA) is 51.7 Å². The second-order valence-corrected chi connectivity index (χ2v) is 8.89. The summed E-state index contributed by atoms with van der Waals surface area (Å²) >= 11 is 0. The SMILES string of the molecule is Cc1cc(CN(C(=O)[C@@H]2OC[C@H]3COCC[C@H]32)C2CCCC2)c2ccccc2n1.